The highest BCUT2D eigenvalue weighted by molar-refractivity contribution is 6.09. The van der Waals surface area contributed by atoms with E-state index in [2.05, 4.69) is 121 Å². The molecule has 0 aliphatic rings. The number of rotatable bonds is 3. The van der Waals surface area contributed by atoms with E-state index < -0.39 is 0 Å². The number of hydrogen-bond donors (Lipinski definition) is 0. The number of aryl methyl sites for hydroxylation is 1. The zero-order valence-corrected chi connectivity index (χ0v) is 17.9. The summed E-state index contributed by atoms with van der Waals surface area (Å²) >= 11 is 0. The second-order valence-electron chi connectivity index (χ2n) is 8.20. The number of fused-ring (bicyclic) bond motifs is 3. The van der Waals surface area contributed by atoms with E-state index in [-0.39, 0.29) is 0 Å². The fourth-order valence-corrected chi connectivity index (χ4v) is 4.57. The molecule has 0 aliphatic carbocycles. The second kappa shape index (κ2) is 7.51. The van der Waals surface area contributed by atoms with Crippen LogP contribution in [0.5, 0.6) is 0 Å². The summed E-state index contributed by atoms with van der Waals surface area (Å²) in [5.74, 6) is 0.947. The summed E-state index contributed by atoms with van der Waals surface area (Å²) in [5.41, 5.74) is 8.06. The zero-order chi connectivity index (χ0) is 21.5. The van der Waals surface area contributed by atoms with E-state index in [9.17, 15) is 0 Å². The summed E-state index contributed by atoms with van der Waals surface area (Å²) in [7, 11) is 0. The lowest BCUT2D eigenvalue weighted by atomic mass is 10.0. The lowest BCUT2D eigenvalue weighted by molar-refractivity contribution is 1.07. The minimum atomic E-state index is 0.947. The molecule has 0 bridgehead atoms. The Bertz CT molecular complexity index is 1520. The van der Waals surface area contributed by atoms with Crippen LogP contribution in [-0.2, 0) is 0 Å². The van der Waals surface area contributed by atoms with Crippen molar-refractivity contribution in [1.29, 1.82) is 0 Å². The minimum absolute atomic E-state index is 0.947. The SMILES string of the molecule is Cc1cc(-c2cccc(-c3ccccc3)c2)nc(-n2c3ccccc3c3ccccc32)c1. The predicted octanol–water partition coefficient (Wildman–Crippen LogP) is 7.82. The Morgan fingerprint density at radius 2 is 1.12 bits per heavy atom. The van der Waals surface area contributed by atoms with Crippen molar-refractivity contribution >= 4 is 21.8 Å². The van der Waals surface area contributed by atoms with Crippen LogP contribution in [0.15, 0.2) is 115 Å². The molecular formula is C30H22N2. The van der Waals surface area contributed by atoms with E-state index >= 15 is 0 Å². The van der Waals surface area contributed by atoms with Crippen LogP contribution in [0.25, 0.3) is 50.0 Å². The van der Waals surface area contributed by atoms with Crippen molar-refractivity contribution in [2.24, 2.45) is 0 Å². The smallest absolute Gasteiger partial charge is 0.138 e. The third-order valence-corrected chi connectivity index (χ3v) is 6.03. The van der Waals surface area contributed by atoms with E-state index in [1.165, 1.54) is 38.5 Å². The first-order chi connectivity index (χ1) is 15.8. The molecule has 0 radical (unpaired) electrons. The molecule has 0 aliphatic heterocycles. The van der Waals surface area contributed by atoms with Crippen LogP contribution in [0.3, 0.4) is 0 Å². The van der Waals surface area contributed by atoms with Gasteiger partial charge in [-0.3, -0.25) is 4.57 Å². The molecule has 0 unspecified atom stereocenters. The monoisotopic (exact) mass is 410 g/mol. The summed E-state index contributed by atoms with van der Waals surface area (Å²) in [6.07, 6.45) is 0. The van der Waals surface area contributed by atoms with E-state index in [0.717, 1.165) is 17.1 Å². The predicted molar refractivity (Wildman–Crippen MR) is 134 cm³/mol. The normalized spacial score (nSPS) is 11.3. The van der Waals surface area contributed by atoms with Crippen molar-refractivity contribution < 1.29 is 0 Å². The maximum atomic E-state index is 5.14. The second-order valence-corrected chi connectivity index (χ2v) is 8.20. The van der Waals surface area contributed by atoms with Crippen molar-refractivity contribution in [3.05, 3.63) is 121 Å². The average Bonchev–Trinajstić information content (AvgIpc) is 3.19. The Hall–Kier alpha value is -4.17. The van der Waals surface area contributed by atoms with Gasteiger partial charge in [0.15, 0.2) is 0 Å². The number of nitrogens with zero attached hydrogens (tertiary/aromatic N) is 2. The average molecular weight is 411 g/mol. The van der Waals surface area contributed by atoms with Gasteiger partial charge in [0.1, 0.15) is 5.82 Å². The van der Waals surface area contributed by atoms with Crippen LogP contribution >= 0.6 is 0 Å². The Kier molecular flexibility index (Phi) is 4.36. The van der Waals surface area contributed by atoms with Crippen LogP contribution in [0.4, 0.5) is 0 Å². The van der Waals surface area contributed by atoms with Crippen LogP contribution in [0.1, 0.15) is 5.56 Å². The molecule has 6 aromatic rings. The topological polar surface area (TPSA) is 17.8 Å². The fourth-order valence-electron chi connectivity index (χ4n) is 4.57. The highest BCUT2D eigenvalue weighted by Gasteiger charge is 2.14. The summed E-state index contributed by atoms with van der Waals surface area (Å²) in [5, 5.41) is 2.50. The van der Waals surface area contributed by atoms with Crippen LogP contribution in [-0.4, -0.2) is 9.55 Å². The molecule has 0 N–H and O–H groups in total. The van der Waals surface area contributed by atoms with Crippen molar-refractivity contribution in [3.8, 4) is 28.2 Å². The molecule has 0 saturated carbocycles. The molecule has 2 heterocycles. The first-order valence-electron chi connectivity index (χ1n) is 10.9. The highest BCUT2D eigenvalue weighted by Crippen LogP contribution is 2.33. The lowest BCUT2D eigenvalue weighted by Crippen LogP contribution is -1.99. The number of para-hydroxylation sites is 2. The van der Waals surface area contributed by atoms with Gasteiger partial charge < -0.3 is 0 Å². The molecule has 4 aromatic carbocycles. The van der Waals surface area contributed by atoms with Crippen LogP contribution < -0.4 is 0 Å². The molecule has 0 amide bonds. The summed E-state index contributed by atoms with van der Waals surface area (Å²) in [6.45, 7) is 2.14. The van der Waals surface area contributed by atoms with Crippen molar-refractivity contribution in [2.45, 2.75) is 6.92 Å². The summed E-state index contributed by atoms with van der Waals surface area (Å²) < 4.78 is 2.28. The van der Waals surface area contributed by atoms with Gasteiger partial charge in [-0.1, -0.05) is 84.9 Å². The van der Waals surface area contributed by atoms with E-state index in [1.807, 2.05) is 6.07 Å². The summed E-state index contributed by atoms with van der Waals surface area (Å²) in [4.78, 5) is 5.14. The van der Waals surface area contributed by atoms with Crippen molar-refractivity contribution in [2.75, 3.05) is 0 Å². The van der Waals surface area contributed by atoms with Gasteiger partial charge in [0.05, 0.1) is 16.7 Å². The van der Waals surface area contributed by atoms with Crippen molar-refractivity contribution in [3.63, 3.8) is 0 Å². The van der Waals surface area contributed by atoms with Crippen molar-refractivity contribution in [1.82, 2.24) is 9.55 Å². The van der Waals surface area contributed by atoms with E-state index in [0.29, 0.717) is 0 Å². The molecule has 2 nitrogen and oxygen atoms in total. The Morgan fingerprint density at radius 3 is 1.84 bits per heavy atom. The van der Waals surface area contributed by atoms with Gasteiger partial charge in [0, 0.05) is 16.3 Å². The molecule has 152 valence electrons. The molecule has 6 rings (SSSR count). The molecular weight excluding hydrogens is 388 g/mol. The third-order valence-electron chi connectivity index (χ3n) is 6.03. The van der Waals surface area contributed by atoms with Gasteiger partial charge >= 0.3 is 0 Å². The largest absolute Gasteiger partial charge is 0.294 e. The molecule has 0 atom stereocenters. The first-order valence-corrected chi connectivity index (χ1v) is 10.9. The Morgan fingerprint density at radius 1 is 0.531 bits per heavy atom. The molecule has 0 fully saturated rings. The van der Waals surface area contributed by atoms with Crippen LogP contribution in [0.2, 0.25) is 0 Å². The van der Waals surface area contributed by atoms with E-state index in [1.54, 1.807) is 0 Å². The zero-order valence-electron chi connectivity index (χ0n) is 17.9. The maximum absolute atomic E-state index is 5.14. The van der Waals surface area contributed by atoms with Gasteiger partial charge in [-0.05, 0) is 53.9 Å². The summed E-state index contributed by atoms with van der Waals surface area (Å²) in [6, 6.07) is 40.6. The third kappa shape index (κ3) is 3.09. The maximum Gasteiger partial charge on any atom is 0.138 e. The molecule has 2 aromatic heterocycles. The van der Waals surface area contributed by atoms with Gasteiger partial charge in [-0.25, -0.2) is 4.98 Å². The van der Waals surface area contributed by atoms with E-state index in [4.69, 9.17) is 4.98 Å². The van der Waals surface area contributed by atoms with Gasteiger partial charge in [-0.15, -0.1) is 0 Å². The van der Waals surface area contributed by atoms with Gasteiger partial charge in [-0.2, -0.15) is 0 Å². The Labute approximate surface area is 187 Å². The molecule has 32 heavy (non-hydrogen) atoms. The standard InChI is InChI=1S/C30H22N2/c1-21-18-27(24-13-9-12-23(20-24)22-10-3-2-4-11-22)31-30(19-21)32-28-16-7-5-14-25(28)26-15-6-8-17-29(26)32/h2-20H,1H3. The van der Waals surface area contributed by atoms with Gasteiger partial charge in [0.25, 0.3) is 0 Å². The fraction of sp³-hybridized carbons (Fsp3) is 0.0333. The van der Waals surface area contributed by atoms with Crippen LogP contribution in [0, 0.1) is 6.92 Å². The Balaban J connectivity index is 1.56. The quantitative estimate of drug-likeness (QED) is 0.291. The highest BCUT2D eigenvalue weighted by atomic mass is 15.1. The van der Waals surface area contributed by atoms with Gasteiger partial charge in [0.2, 0.25) is 0 Å². The minimum Gasteiger partial charge on any atom is -0.294 e. The first kappa shape index (κ1) is 18.6. The molecule has 0 saturated heterocycles. The number of benzene rings is 4. The number of hydrogen-bond acceptors (Lipinski definition) is 1. The molecule has 0 spiro atoms. The molecule has 2 heteroatoms. The number of pyridine rings is 1. The number of aromatic nitrogens is 2. The lowest BCUT2D eigenvalue weighted by Gasteiger charge is -2.12.